The Morgan fingerprint density at radius 2 is 2.06 bits per heavy atom. The van der Waals surface area contributed by atoms with E-state index in [2.05, 4.69) is 21.2 Å². The van der Waals surface area contributed by atoms with Gasteiger partial charge in [0.15, 0.2) is 0 Å². The Hall–Kier alpha value is -1.12. The molecule has 0 bridgehead atoms. The molecule has 1 heterocycles. The zero-order valence-electron chi connectivity index (χ0n) is 10.8. The standard InChI is InChI=1S/C12H22N4O/c1-3-14-12(17)4-5-15-6-8-16(9-7-15)11(2)10-13/h11H,3-9H2,1-2H3,(H,14,17). The van der Waals surface area contributed by atoms with Crippen LogP contribution in [-0.2, 0) is 4.79 Å². The van der Waals surface area contributed by atoms with Crippen molar-refractivity contribution in [3.8, 4) is 6.07 Å². The van der Waals surface area contributed by atoms with Gasteiger partial charge < -0.3 is 10.2 Å². The van der Waals surface area contributed by atoms with Crippen molar-refractivity contribution in [2.24, 2.45) is 0 Å². The molecule has 0 spiro atoms. The fourth-order valence-electron chi connectivity index (χ4n) is 2.00. The van der Waals surface area contributed by atoms with Gasteiger partial charge in [-0.25, -0.2) is 0 Å². The van der Waals surface area contributed by atoms with Gasteiger partial charge in [0.05, 0.1) is 12.1 Å². The first-order valence-corrected chi connectivity index (χ1v) is 6.30. The Balaban J connectivity index is 2.19. The number of nitrogens with zero attached hydrogens (tertiary/aromatic N) is 3. The van der Waals surface area contributed by atoms with Crippen molar-refractivity contribution < 1.29 is 4.79 Å². The Kier molecular flexibility index (Phi) is 5.95. The van der Waals surface area contributed by atoms with Gasteiger partial charge in [-0.3, -0.25) is 9.69 Å². The average molecular weight is 238 g/mol. The molecule has 0 aromatic rings. The molecule has 1 aliphatic rings. The zero-order chi connectivity index (χ0) is 12.7. The highest BCUT2D eigenvalue weighted by Crippen LogP contribution is 2.06. The van der Waals surface area contributed by atoms with Crippen LogP contribution in [0.25, 0.3) is 0 Å². The summed E-state index contributed by atoms with van der Waals surface area (Å²) in [5.41, 5.74) is 0. The van der Waals surface area contributed by atoms with Crippen LogP contribution < -0.4 is 5.32 Å². The van der Waals surface area contributed by atoms with Gasteiger partial charge in [0, 0.05) is 45.7 Å². The quantitative estimate of drug-likeness (QED) is 0.735. The molecular weight excluding hydrogens is 216 g/mol. The number of hydrogen-bond donors (Lipinski definition) is 1. The predicted octanol–water partition coefficient (Wildman–Crippen LogP) is 0.0423. The van der Waals surface area contributed by atoms with Gasteiger partial charge in [0.25, 0.3) is 0 Å². The van der Waals surface area contributed by atoms with Gasteiger partial charge in [-0.15, -0.1) is 0 Å². The van der Waals surface area contributed by atoms with Crippen molar-refractivity contribution in [2.75, 3.05) is 39.3 Å². The second-order valence-corrected chi connectivity index (χ2v) is 4.39. The highest BCUT2D eigenvalue weighted by Gasteiger charge is 2.20. The van der Waals surface area contributed by atoms with Gasteiger partial charge in [-0.05, 0) is 13.8 Å². The lowest BCUT2D eigenvalue weighted by atomic mass is 10.2. The Morgan fingerprint density at radius 1 is 1.41 bits per heavy atom. The van der Waals surface area contributed by atoms with Crippen LogP contribution in [0.3, 0.4) is 0 Å². The third-order valence-corrected chi connectivity index (χ3v) is 3.17. The van der Waals surface area contributed by atoms with E-state index in [4.69, 9.17) is 5.26 Å². The van der Waals surface area contributed by atoms with Gasteiger partial charge in [-0.1, -0.05) is 0 Å². The molecule has 17 heavy (non-hydrogen) atoms. The van der Waals surface area contributed by atoms with Gasteiger partial charge in [-0.2, -0.15) is 5.26 Å². The number of carbonyl (C=O) groups excluding carboxylic acids is 1. The van der Waals surface area contributed by atoms with Crippen LogP contribution in [0.5, 0.6) is 0 Å². The predicted molar refractivity (Wildman–Crippen MR) is 66.4 cm³/mol. The number of nitrogens with one attached hydrogen (secondary N) is 1. The Labute approximate surface area is 103 Å². The monoisotopic (exact) mass is 238 g/mol. The zero-order valence-corrected chi connectivity index (χ0v) is 10.8. The minimum Gasteiger partial charge on any atom is -0.356 e. The summed E-state index contributed by atoms with van der Waals surface area (Å²) in [4.78, 5) is 15.8. The molecule has 1 atom stereocenters. The maximum atomic E-state index is 11.3. The smallest absolute Gasteiger partial charge is 0.221 e. The lowest BCUT2D eigenvalue weighted by Crippen LogP contribution is -2.49. The molecule has 0 radical (unpaired) electrons. The molecule has 0 aliphatic carbocycles. The summed E-state index contributed by atoms with van der Waals surface area (Å²) in [6.45, 7) is 9.13. The van der Waals surface area contributed by atoms with Crippen LogP contribution >= 0.6 is 0 Å². The first-order chi connectivity index (χ1) is 8.17. The third-order valence-electron chi connectivity index (χ3n) is 3.17. The van der Waals surface area contributed by atoms with Crippen LogP contribution in [0.1, 0.15) is 20.3 Å². The molecule has 0 saturated carbocycles. The molecule has 96 valence electrons. The minimum atomic E-state index is 0.000500. The van der Waals surface area contributed by atoms with Crippen molar-refractivity contribution in [3.63, 3.8) is 0 Å². The maximum absolute atomic E-state index is 11.3. The molecule has 1 N–H and O–H groups in total. The van der Waals surface area contributed by atoms with Crippen molar-refractivity contribution >= 4 is 5.91 Å². The Morgan fingerprint density at radius 3 is 2.59 bits per heavy atom. The van der Waals surface area contributed by atoms with E-state index in [1.807, 2.05) is 13.8 Å². The molecule has 1 unspecified atom stereocenters. The number of nitriles is 1. The van der Waals surface area contributed by atoms with E-state index in [0.717, 1.165) is 32.7 Å². The van der Waals surface area contributed by atoms with Gasteiger partial charge in [0.1, 0.15) is 0 Å². The summed E-state index contributed by atoms with van der Waals surface area (Å²) >= 11 is 0. The average Bonchev–Trinajstić information content (AvgIpc) is 2.36. The molecule has 5 nitrogen and oxygen atoms in total. The summed E-state index contributed by atoms with van der Waals surface area (Å²) < 4.78 is 0. The molecule has 1 aliphatic heterocycles. The molecule has 1 fully saturated rings. The maximum Gasteiger partial charge on any atom is 0.221 e. The molecule has 5 heteroatoms. The van der Waals surface area contributed by atoms with E-state index < -0.39 is 0 Å². The van der Waals surface area contributed by atoms with Crippen LogP contribution in [-0.4, -0.2) is 61.0 Å². The SMILES string of the molecule is CCNC(=O)CCN1CCN(C(C)C#N)CC1. The first-order valence-electron chi connectivity index (χ1n) is 6.30. The first kappa shape index (κ1) is 13.9. The molecular formula is C12H22N4O. The number of carbonyl (C=O) groups is 1. The Bertz CT molecular complexity index is 279. The van der Waals surface area contributed by atoms with Crippen molar-refractivity contribution in [2.45, 2.75) is 26.3 Å². The summed E-state index contributed by atoms with van der Waals surface area (Å²) in [5.74, 6) is 0.125. The summed E-state index contributed by atoms with van der Waals surface area (Å²) in [5, 5.41) is 11.6. The third kappa shape index (κ3) is 4.72. The summed E-state index contributed by atoms with van der Waals surface area (Å²) in [7, 11) is 0. The molecule has 0 aromatic heterocycles. The highest BCUT2D eigenvalue weighted by molar-refractivity contribution is 5.75. The molecule has 1 saturated heterocycles. The molecule has 1 amide bonds. The lowest BCUT2D eigenvalue weighted by molar-refractivity contribution is -0.121. The second kappa shape index (κ2) is 7.25. The number of amides is 1. The van der Waals surface area contributed by atoms with Gasteiger partial charge in [0.2, 0.25) is 5.91 Å². The van der Waals surface area contributed by atoms with Crippen LogP contribution in [0.2, 0.25) is 0 Å². The van der Waals surface area contributed by atoms with Crippen molar-refractivity contribution in [1.82, 2.24) is 15.1 Å². The van der Waals surface area contributed by atoms with E-state index in [1.165, 1.54) is 0 Å². The number of rotatable bonds is 5. The van der Waals surface area contributed by atoms with Crippen molar-refractivity contribution in [1.29, 1.82) is 5.26 Å². The largest absolute Gasteiger partial charge is 0.356 e. The van der Waals surface area contributed by atoms with E-state index in [-0.39, 0.29) is 11.9 Å². The van der Waals surface area contributed by atoms with E-state index >= 15 is 0 Å². The van der Waals surface area contributed by atoms with E-state index in [9.17, 15) is 4.79 Å². The van der Waals surface area contributed by atoms with Gasteiger partial charge >= 0.3 is 0 Å². The number of hydrogen-bond acceptors (Lipinski definition) is 4. The van der Waals surface area contributed by atoms with E-state index in [1.54, 1.807) is 0 Å². The topological polar surface area (TPSA) is 59.4 Å². The second-order valence-electron chi connectivity index (χ2n) is 4.39. The summed E-state index contributed by atoms with van der Waals surface area (Å²) in [6.07, 6.45) is 0.571. The van der Waals surface area contributed by atoms with E-state index in [0.29, 0.717) is 13.0 Å². The van der Waals surface area contributed by atoms with Crippen LogP contribution in [0, 0.1) is 11.3 Å². The fraction of sp³-hybridized carbons (Fsp3) is 0.833. The fourth-order valence-corrected chi connectivity index (χ4v) is 2.00. The minimum absolute atomic E-state index is 0.000500. The normalized spacial score (nSPS) is 19.6. The molecule has 1 rings (SSSR count). The van der Waals surface area contributed by atoms with Crippen LogP contribution in [0.4, 0.5) is 0 Å². The van der Waals surface area contributed by atoms with Crippen LogP contribution in [0.15, 0.2) is 0 Å². The van der Waals surface area contributed by atoms with Crippen molar-refractivity contribution in [3.05, 3.63) is 0 Å². The molecule has 0 aromatic carbocycles. The highest BCUT2D eigenvalue weighted by atomic mass is 16.1. The number of piperazine rings is 1. The summed E-state index contributed by atoms with van der Waals surface area (Å²) in [6, 6.07) is 2.26. The lowest BCUT2D eigenvalue weighted by Gasteiger charge is -2.35.